The van der Waals surface area contributed by atoms with Crippen molar-refractivity contribution in [3.8, 4) is 0 Å². The van der Waals surface area contributed by atoms with Crippen molar-refractivity contribution in [2.45, 2.75) is 45.1 Å². The molecular formula is C14H26N4O2S. The van der Waals surface area contributed by atoms with Gasteiger partial charge in [-0.2, -0.15) is 5.10 Å². The topological polar surface area (TPSA) is 76.0 Å². The van der Waals surface area contributed by atoms with Gasteiger partial charge in [0.25, 0.3) is 0 Å². The molecule has 1 atom stereocenters. The van der Waals surface area contributed by atoms with E-state index in [1.165, 1.54) is 12.8 Å². The third-order valence-electron chi connectivity index (χ3n) is 4.18. The van der Waals surface area contributed by atoms with Gasteiger partial charge < -0.3 is 5.32 Å². The molecule has 0 saturated heterocycles. The molecule has 21 heavy (non-hydrogen) atoms. The van der Waals surface area contributed by atoms with Crippen LogP contribution in [0.5, 0.6) is 0 Å². The second-order valence-electron chi connectivity index (χ2n) is 5.99. The molecule has 0 amide bonds. The van der Waals surface area contributed by atoms with Crippen LogP contribution in [0.2, 0.25) is 0 Å². The summed E-state index contributed by atoms with van der Waals surface area (Å²) in [5.41, 5.74) is 1.27. The Kier molecular flexibility index (Phi) is 5.06. The SMILES string of the molecule is CNCCn1nc(C)c(S(=O)(=O)NCC(C)C2CC2)c1C. The van der Waals surface area contributed by atoms with Crippen molar-refractivity contribution >= 4 is 10.0 Å². The van der Waals surface area contributed by atoms with Crippen LogP contribution in [0.1, 0.15) is 31.2 Å². The van der Waals surface area contributed by atoms with Gasteiger partial charge in [0.1, 0.15) is 4.90 Å². The Morgan fingerprint density at radius 1 is 1.38 bits per heavy atom. The first-order valence-electron chi connectivity index (χ1n) is 7.55. The Bertz CT molecular complexity index is 590. The summed E-state index contributed by atoms with van der Waals surface area (Å²) in [5, 5.41) is 7.39. The average molecular weight is 314 g/mol. The summed E-state index contributed by atoms with van der Waals surface area (Å²) in [4.78, 5) is 0.335. The largest absolute Gasteiger partial charge is 0.318 e. The summed E-state index contributed by atoms with van der Waals surface area (Å²) < 4.78 is 29.6. The second kappa shape index (κ2) is 6.46. The maximum Gasteiger partial charge on any atom is 0.244 e. The fourth-order valence-corrected chi connectivity index (χ4v) is 4.20. The lowest BCUT2D eigenvalue weighted by Crippen LogP contribution is -2.30. The zero-order valence-corrected chi connectivity index (χ0v) is 14.1. The molecule has 0 aromatic carbocycles. The molecule has 1 aromatic heterocycles. The Labute approximate surface area is 127 Å². The van der Waals surface area contributed by atoms with Gasteiger partial charge in [-0.05, 0) is 45.6 Å². The molecular weight excluding hydrogens is 288 g/mol. The lowest BCUT2D eigenvalue weighted by Gasteiger charge is -2.12. The fraction of sp³-hybridized carbons (Fsp3) is 0.786. The van der Waals surface area contributed by atoms with Crippen molar-refractivity contribution in [1.82, 2.24) is 19.8 Å². The van der Waals surface area contributed by atoms with Crippen LogP contribution in [0.25, 0.3) is 0 Å². The number of likely N-dealkylation sites (N-methyl/N-ethyl adjacent to an activating group) is 1. The highest BCUT2D eigenvalue weighted by molar-refractivity contribution is 7.89. The van der Waals surface area contributed by atoms with Crippen LogP contribution in [-0.4, -0.2) is 38.3 Å². The van der Waals surface area contributed by atoms with E-state index in [4.69, 9.17) is 0 Å². The molecule has 0 bridgehead atoms. The van der Waals surface area contributed by atoms with Gasteiger partial charge >= 0.3 is 0 Å². The number of aromatic nitrogens is 2. The summed E-state index contributed by atoms with van der Waals surface area (Å²) >= 11 is 0. The minimum absolute atomic E-state index is 0.335. The van der Waals surface area contributed by atoms with Crippen LogP contribution in [0.3, 0.4) is 0 Å². The van der Waals surface area contributed by atoms with E-state index in [2.05, 4.69) is 22.1 Å². The number of nitrogens with zero attached hydrogens (tertiary/aromatic N) is 2. The molecule has 6 nitrogen and oxygen atoms in total. The standard InChI is InChI=1S/C14H26N4O2S/c1-10(13-5-6-13)9-16-21(19,20)14-11(2)17-18(12(14)3)8-7-15-4/h10,13,15-16H,5-9H2,1-4H3. The van der Waals surface area contributed by atoms with Crippen LogP contribution in [0.4, 0.5) is 0 Å². The van der Waals surface area contributed by atoms with E-state index in [0.717, 1.165) is 6.54 Å². The molecule has 7 heteroatoms. The summed E-state index contributed by atoms with van der Waals surface area (Å²) in [5.74, 6) is 1.09. The Balaban J connectivity index is 2.12. The molecule has 120 valence electrons. The molecule has 0 aliphatic heterocycles. The van der Waals surface area contributed by atoms with Gasteiger partial charge in [0.15, 0.2) is 0 Å². The summed E-state index contributed by atoms with van der Waals surface area (Å²) in [6.07, 6.45) is 2.45. The lowest BCUT2D eigenvalue weighted by atomic mass is 10.1. The van der Waals surface area contributed by atoms with Crippen molar-refractivity contribution in [2.75, 3.05) is 20.1 Å². The first-order chi connectivity index (χ1) is 9.86. The molecule has 1 unspecified atom stereocenters. The number of nitrogens with one attached hydrogen (secondary N) is 2. The smallest absolute Gasteiger partial charge is 0.244 e. The van der Waals surface area contributed by atoms with Crippen molar-refractivity contribution in [1.29, 1.82) is 0 Å². The van der Waals surface area contributed by atoms with E-state index >= 15 is 0 Å². The van der Waals surface area contributed by atoms with Crippen molar-refractivity contribution in [3.63, 3.8) is 0 Å². The Morgan fingerprint density at radius 3 is 2.62 bits per heavy atom. The van der Waals surface area contributed by atoms with Crippen molar-refractivity contribution in [3.05, 3.63) is 11.4 Å². The second-order valence-corrected chi connectivity index (χ2v) is 7.70. The van der Waals surface area contributed by atoms with Crippen LogP contribution in [0, 0.1) is 25.7 Å². The van der Waals surface area contributed by atoms with Gasteiger partial charge in [0.2, 0.25) is 10.0 Å². The quantitative estimate of drug-likeness (QED) is 0.752. The van der Waals surface area contributed by atoms with Gasteiger partial charge in [-0.15, -0.1) is 0 Å². The first kappa shape index (κ1) is 16.5. The van der Waals surface area contributed by atoms with Crippen molar-refractivity contribution in [2.24, 2.45) is 11.8 Å². The number of hydrogen-bond acceptors (Lipinski definition) is 4. The predicted octanol–water partition coefficient (Wildman–Crippen LogP) is 1.04. The van der Waals surface area contributed by atoms with E-state index in [-0.39, 0.29) is 0 Å². The van der Waals surface area contributed by atoms with Gasteiger partial charge in [-0.1, -0.05) is 6.92 Å². The number of rotatable bonds is 8. The Morgan fingerprint density at radius 2 is 2.05 bits per heavy atom. The molecule has 1 saturated carbocycles. The molecule has 2 N–H and O–H groups in total. The summed E-state index contributed by atoms with van der Waals surface area (Å²) in [7, 11) is -1.62. The third kappa shape index (κ3) is 3.84. The molecule has 1 aliphatic rings. The van der Waals surface area contributed by atoms with E-state index < -0.39 is 10.0 Å². The molecule has 2 rings (SSSR count). The number of hydrogen-bond donors (Lipinski definition) is 2. The van der Waals surface area contributed by atoms with Crippen LogP contribution in [-0.2, 0) is 16.6 Å². The third-order valence-corrected chi connectivity index (χ3v) is 5.85. The highest BCUT2D eigenvalue weighted by atomic mass is 32.2. The zero-order chi connectivity index (χ0) is 15.6. The van der Waals surface area contributed by atoms with Gasteiger partial charge in [0.05, 0.1) is 17.9 Å². The molecule has 1 aromatic rings. The normalized spacial score (nSPS) is 17.1. The highest BCUT2D eigenvalue weighted by Gasteiger charge is 2.30. The average Bonchev–Trinajstić information content (AvgIpc) is 3.21. The molecule has 0 radical (unpaired) electrons. The number of aryl methyl sites for hydroxylation is 1. The molecule has 0 spiro atoms. The number of sulfonamides is 1. The summed E-state index contributed by atoms with van der Waals surface area (Å²) in [6, 6.07) is 0. The van der Waals surface area contributed by atoms with E-state index in [9.17, 15) is 8.42 Å². The zero-order valence-electron chi connectivity index (χ0n) is 13.3. The Hall–Kier alpha value is -0.920. The highest BCUT2D eigenvalue weighted by Crippen LogP contribution is 2.36. The fourth-order valence-electron chi connectivity index (χ4n) is 2.65. The first-order valence-corrected chi connectivity index (χ1v) is 9.03. The van der Waals surface area contributed by atoms with E-state index in [0.29, 0.717) is 41.2 Å². The van der Waals surface area contributed by atoms with Gasteiger partial charge in [-0.25, -0.2) is 13.1 Å². The minimum atomic E-state index is -3.48. The predicted molar refractivity (Wildman–Crippen MR) is 82.7 cm³/mol. The monoisotopic (exact) mass is 314 g/mol. The minimum Gasteiger partial charge on any atom is -0.318 e. The van der Waals surface area contributed by atoms with Gasteiger partial charge in [0, 0.05) is 13.1 Å². The molecule has 1 aliphatic carbocycles. The molecule has 1 fully saturated rings. The maximum atomic E-state index is 12.5. The van der Waals surface area contributed by atoms with Crippen LogP contribution < -0.4 is 10.0 Å². The summed E-state index contributed by atoms with van der Waals surface area (Å²) in [6.45, 7) is 7.60. The van der Waals surface area contributed by atoms with Crippen molar-refractivity contribution < 1.29 is 8.42 Å². The molecule has 1 heterocycles. The van der Waals surface area contributed by atoms with Crippen LogP contribution >= 0.6 is 0 Å². The maximum absolute atomic E-state index is 12.5. The van der Waals surface area contributed by atoms with E-state index in [1.54, 1.807) is 11.6 Å². The lowest BCUT2D eigenvalue weighted by molar-refractivity contribution is 0.491. The van der Waals surface area contributed by atoms with Crippen LogP contribution in [0.15, 0.2) is 4.90 Å². The van der Waals surface area contributed by atoms with Gasteiger partial charge in [-0.3, -0.25) is 4.68 Å². The van der Waals surface area contributed by atoms with E-state index in [1.807, 2.05) is 14.0 Å².